The van der Waals surface area contributed by atoms with Gasteiger partial charge >= 0.3 is 0 Å². The molecule has 0 radical (unpaired) electrons. The number of ketones is 3. The van der Waals surface area contributed by atoms with Crippen LogP contribution in [0.1, 0.15) is 97.9 Å². The van der Waals surface area contributed by atoms with E-state index in [2.05, 4.69) is 43.4 Å². The SMILES string of the molecule is Cc1cc(-c2ccc(CC(C)C)cc2)ccc1C(=O)C[C@@H](CCC(N)=O)C(=O)N(C)[C@@H]1C(=O)C[C@@H](C)C(=O)N[C@H](C(=O)CCC#N)Cc2ccc(OCCN)c(c2)-c2cc1ccc2OCCN. The molecule has 0 saturated carbocycles. The normalized spacial score (nSPS) is 16.6. The van der Waals surface area contributed by atoms with Crippen molar-refractivity contribution in [2.75, 3.05) is 33.4 Å². The molecule has 4 aromatic carbocycles. The molecular weight excluding hydrogens is 849 g/mol. The van der Waals surface area contributed by atoms with E-state index in [9.17, 15) is 34.0 Å². The number of benzene rings is 4. The Morgan fingerprint density at radius 1 is 0.851 bits per heavy atom. The minimum Gasteiger partial charge on any atom is -0.492 e. The number of primary amides is 1. The largest absolute Gasteiger partial charge is 0.492 e. The Morgan fingerprint density at radius 3 is 2.10 bits per heavy atom. The first kappa shape index (κ1) is 51.3. The summed E-state index contributed by atoms with van der Waals surface area (Å²) >= 11 is 0. The zero-order chi connectivity index (χ0) is 48.8. The number of nitrogens with two attached hydrogens (primary N) is 3. The van der Waals surface area contributed by atoms with Gasteiger partial charge in [0.25, 0.3) is 0 Å². The van der Waals surface area contributed by atoms with Crippen molar-refractivity contribution in [3.8, 4) is 39.8 Å². The lowest BCUT2D eigenvalue weighted by Crippen LogP contribution is -2.45. The molecule has 0 saturated heterocycles. The van der Waals surface area contributed by atoms with E-state index in [4.69, 9.17) is 26.7 Å². The van der Waals surface area contributed by atoms with Crippen molar-refractivity contribution in [2.45, 2.75) is 91.1 Å². The highest BCUT2D eigenvalue weighted by Crippen LogP contribution is 2.41. The number of rotatable bonds is 20. The minimum atomic E-state index is -1.29. The number of nitrogens with one attached hydrogen (secondary N) is 1. The van der Waals surface area contributed by atoms with E-state index in [-0.39, 0.29) is 82.8 Å². The second kappa shape index (κ2) is 24.2. The molecule has 0 fully saturated rings. The van der Waals surface area contributed by atoms with Crippen molar-refractivity contribution in [3.05, 3.63) is 107 Å². The van der Waals surface area contributed by atoms with Crippen LogP contribution in [-0.4, -0.2) is 79.4 Å². The Morgan fingerprint density at radius 2 is 1.49 bits per heavy atom. The molecule has 1 aliphatic heterocycles. The fourth-order valence-electron chi connectivity index (χ4n) is 8.55. The number of nitrogens with zero attached hydrogens (tertiary/aromatic N) is 2. The predicted molar refractivity (Wildman–Crippen MR) is 257 cm³/mol. The zero-order valence-corrected chi connectivity index (χ0v) is 39.3. The van der Waals surface area contributed by atoms with Crippen LogP contribution in [0.2, 0.25) is 0 Å². The van der Waals surface area contributed by atoms with Crippen molar-refractivity contribution in [3.63, 3.8) is 0 Å². The number of carbonyl (C=O) groups excluding carboxylic acids is 6. The van der Waals surface area contributed by atoms with Crippen molar-refractivity contribution >= 4 is 35.1 Å². The minimum absolute atomic E-state index is 0.0430. The first-order chi connectivity index (χ1) is 32.0. The van der Waals surface area contributed by atoms with Gasteiger partial charge in [0, 0.05) is 80.8 Å². The van der Waals surface area contributed by atoms with Gasteiger partial charge in [-0.2, -0.15) is 5.26 Å². The molecule has 4 atom stereocenters. The number of carbonyl (C=O) groups is 6. The van der Waals surface area contributed by atoms with Gasteiger partial charge in [-0.05, 0) is 89.8 Å². The van der Waals surface area contributed by atoms with Crippen LogP contribution in [0.5, 0.6) is 11.5 Å². The monoisotopic (exact) mass is 912 g/mol. The maximum absolute atomic E-state index is 14.9. The second-order valence-corrected chi connectivity index (χ2v) is 17.8. The summed E-state index contributed by atoms with van der Waals surface area (Å²) in [4.78, 5) is 84.7. The third-order valence-corrected chi connectivity index (χ3v) is 12.0. The average Bonchev–Trinajstić information content (AvgIpc) is 3.30. The van der Waals surface area contributed by atoms with Gasteiger partial charge in [-0.25, -0.2) is 0 Å². The van der Waals surface area contributed by atoms with Gasteiger partial charge in [-0.1, -0.05) is 75.4 Å². The van der Waals surface area contributed by atoms with Crippen LogP contribution in [0.4, 0.5) is 0 Å². The van der Waals surface area contributed by atoms with Crippen LogP contribution in [0.15, 0.2) is 78.9 Å². The summed E-state index contributed by atoms with van der Waals surface area (Å²) in [5.74, 6) is -3.62. The van der Waals surface area contributed by atoms with Crippen molar-refractivity contribution in [1.29, 1.82) is 5.26 Å². The second-order valence-electron chi connectivity index (χ2n) is 17.8. The van der Waals surface area contributed by atoms with Gasteiger partial charge in [0.05, 0.1) is 12.1 Å². The molecule has 1 heterocycles. The number of likely N-dealkylation sites (N-methyl/N-ethyl adjacent to an activating group) is 1. The lowest BCUT2D eigenvalue weighted by Gasteiger charge is -2.32. The number of ether oxygens (including phenoxy) is 2. The molecule has 0 aliphatic carbocycles. The van der Waals surface area contributed by atoms with Crippen molar-refractivity contribution in [1.82, 2.24) is 10.2 Å². The number of hydrogen-bond acceptors (Lipinski definition) is 11. The van der Waals surface area contributed by atoms with E-state index in [1.165, 1.54) is 17.5 Å². The lowest BCUT2D eigenvalue weighted by atomic mass is 9.87. The quantitative estimate of drug-likeness (QED) is 0.0711. The maximum atomic E-state index is 14.9. The average molecular weight is 913 g/mol. The smallest absolute Gasteiger partial charge is 0.226 e. The molecule has 4 aromatic rings. The molecule has 14 heteroatoms. The third-order valence-electron chi connectivity index (χ3n) is 12.0. The number of Topliss-reactive ketones (excluding diaryl/α,β-unsaturated/α-hetero) is 3. The number of aryl methyl sites for hydroxylation is 1. The van der Waals surface area contributed by atoms with Crippen molar-refractivity contribution < 1.29 is 38.2 Å². The summed E-state index contributed by atoms with van der Waals surface area (Å²) < 4.78 is 12.2. The van der Waals surface area contributed by atoms with Crippen LogP contribution < -0.4 is 32.0 Å². The highest BCUT2D eigenvalue weighted by Gasteiger charge is 2.36. The Hall–Kier alpha value is -6.69. The fourth-order valence-corrected chi connectivity index (χ4v) is 8.55. The predicted octanol–water partition coefficient (Wildman–Crippen LogP) is 6.37. The molecule has 354 valence electrons. The van der Waals surface area contributed by atoms with Crippen LogP contribution in [0, 0.1) is 36.0 Å². The number of nitriles is 1. The molecule has 7 N–H and O–H groups in total. The maximum Gasteiger partial charge on any atom is 0.226 e. The third kappa shape index (κ3) is 13.7. The van der Waals surface area contributed by atoms with E-state index in [0.29, 0.717) is 50.8 Å². The topological polar surface area (TPSA) is 238 Å². The summed E-state index contributed by atoms with van der Waals surface area (Å²) in [5.41, 5.74) is 23.7. The molecular formula is C53H64N6O8. The zero-order valence-electron chi connectivity index (χ0n) is 39.3. The number of amides is 3. The summed E-state index contributed by atoms with van der Waals surface area (Å²) in [6, 6.07) is 24.0. The van der Waals surface area contributed by atoms with E-state index in [1.54, 1.807) is 49.4 Å². The van der Waals surface area contributed by atoms with Crippen LogP contribution in [0.3, 0.4) is 0 Å². The van der Waals surface area contributed by atoms with Crippen LogP contribution >= 0.6 is 0 Å². The summed E-state index contributed by atoms with van der Waals surface area (Å²) in [7, 11) is 1.46. The molecule has 5 rings (SSSR count). The Balaban J connectivity index is 1.57. The van der Waals surface area contributed by atoms with Gasteiger partial charge in [0.2, 0.25) is 17.7 Å². The first-order valence-corrected chi connectivity index (χ1v) is 23.0. The van der Waals surface area contributed by atoms with E-state index in [0.717, 1.165) is 17.5 Å². The number of hydrogen-bond donors (Lipinski definition) is 4. The lowest BCUT2D eigenvalue weighted by molar-refractivity contribution is -0.142. The molecule has 0 unspecified atom stereocenters. The van der Waals surface area contributed by atoms with E-state index < -0.39 is 47.4 Å². The Bertz CT molecular complexity index is 2480. The van der Waals surface area contributed by atoms with Gasteiger partial charge < -0.3 is 36.9 Å². The molecule has 0 spiro atoms. The highest BCUT2D eigenvalue weighted by molar-refractivity contribution is 6.01. The first-order valence-electron chi connectivity index (χ1n) is 23.0. The van der Waals surface area contributed by atoms with Gasteiger partial charge in [-0.15, -0.1) is 0 Å². The standard InChI is InChI=1S/C53H64N6O8/c1-32(2)25-35-8-11-37(12-9-35)38-13-16-41(33(3)26-38)46(61)31-40(15-19-50(57)63)53(65)59(5)51-39-14-18-49(67-24-22-56)43(30-39)42-28-36(10-17-48(42)66-23-21-55)29-44(45(60)7-6-20-54)58-52(64)34(4)27-47(51)62/h8-14,16-18,26,28,30,32,34,40,44,51H,6-7,15,19,21-25,27,29,31,55-56H2,1-5H3,(H2,57,63)(H,58,64)/t34-,40-,44+,51+/m1/s1. The summed E-state index contributed by atoms with van der Waals surface area (Å²) in [5, 5.41) is 12.1. The summed E-state index contributed by atoms with van der Waals surface area (Å²) in [6.45, 7) is 8.46. The summed E-state index contributed by atoms with van der Waals surface area (Å²) in [6.07, 6.45) is 0.0661. The number of fused-ring (bicyclic) bond motifs is 5. The van der Waals surface area contributed by atoms with Crippen LogP contribution in [-0.2, 0) is 36.8 Å². The Kier molecular flexibility index (Phi) is 18.5. The van der Waals surface area contributed by atoms with Crippen molar-refractivity contribution in [2.24, 2.45) is 35.0 Å². The van der Waals surface area contributed by atoms with E-state index in [1.807, 2.05) is 25.1 Å². The Labute approximate surface area is 393 Å². The molecule has 14 nitrogen and oxygen atoms in total. The fraction of sp³-hybridized carbons (Fsp3) is 0.415. The molecule has 67 heavy (non-hydrogen) atoms. The molecule has 4 bridgehead atoms. The molecule has 1 aliphatic rings. The van der Waals surface area contributed by atoms with E-state index >= 15 is 0 Å². The highest BCUT2D eigenvalue weighted by atomic mass is 16.5. The van der Waals surface area contributed by atoms with Gasteiger partial charge in [0.1, 0.15) is 30.8 Å². The molecule has 0 aromatic heterocycles. The van der Waals surface area contributed by atoms with Gasteiger partial charge in [0.15, 0.2) is 17.3 Å². The molecule has 3 amide bonds. The van der Waals surface area contributed by atoms with Crippen LogP contribution in [0.25, 0.3) is 22.3 Å². The van der Waals surface area contributed by atoms with Gasteiger partial charge in [-0.3, -0.25) is 28.8 Å².